The maximum Gasteiger partial charge on any atom is 0.270 e. The maximum atomic E-state index is 12.9. The van der Waals surface area contributed by atoms with Gasteiger partial charge in [-0.2, -0.15) is 4.98 Å². The monoisotopic (exact) mass is 474 g/mol. The summed E-state index contributed by atoms with van der Waals surface area (Å²) >= 11 is 0. The molecule has 9 nitrogen and oxygen atoms in total. The molecule has 184 valence electrons. The number of rotatable bonds is 5. The van der Waals surface area contributed by atoms with Gasteiger partial charge >= 0.3 is 0 Å². The lowest BCUT2D eigenvalue weighted by molar-refractivity contribution is 0.0815. The summed E-state index contributed by atoms with van der Waals surface area (Å²) in [7, 11) is 5.83. The lowest BCUT2D eigenvalue weighted by Gasteiger charge is -2.41. The van der Waals surface area contributed by atoms with Crippen molar-refractivity contribution in [1.82, 2.24) is 29.3 Å². The number of carbonyl (C=O) groups is 1. The summed E-state index contributed by atoms with van der Waals surface area (Å²) in [5.41, 5.74) is 3.03. The molecule has 0 unspecified atom stereocenters. The molecule has 6 rings (SSSR count). The molecule has 1 amide bonds. The van der Waals surface area contributed by atoms with Crippen LogP contribution in [0.15, 0.2) is 30.6 Å². The smallest absolute Gasteiger partial charge is 0.270 e. The highest BCUT2D eigenvalue weighted by Gasteiger charge is 2.49. The van der Waals surface area contributed by atoms with Crippen molar-refractivity contribution in [3.8, 4) is 0 Å². The van der Waals surface area contributed by atoms with Gasteiger partial charge in [0.15, 0.2) is 0 Å². The first kappa shape index (κ1) is 22.3. The quantitative estimate of drug-likeness (QED) is 0.604. The number of anilines is 3. The number of pyridine rings is 1. The molecule has 3 aromatic rings. The van der Waals surface area contributed by atoms with Crippen molar-refractivity contribution >= 4 is 34.4 Å². The molecule has 9 heteroatoms. The number of carbonyl (C=O) groups excluding carboxylic acids is 1. The second-order valence-electron chi connectivity index (χ2n) is 10.6. The van der Waals surface area contributed by atoms with Gasteiger partial charge in [-0.05, 0) is 50.9 Å². The van der Waals surface area contributed by atoms with E-state index >= 15 is 0 Å². The highest BCUT2D eigenvalue weighted by Crippen LogP contribution is 2.44. The number of amides is 1. The zero-order chi connectivity index (χ0) is 24.2. The molecule has 0 radical (unpaired) electrons. The molecule has 1 spiro atoms. The van der Waals surface area contributed by atoms with Gasteiger partial charge in [0.1, 0.15) is 17.2 Å². The van der Waals surface area contributed by atoms with E-state index in [1.165, 1.54) is 25.7 Å². The van der Waals surface area contributed by atoms with Crippen molar-refractivity contribution in [2.45, 2.75) is 50.1 Å². The number of likely N-dealkylation sites (N-methyl/N-ethyl adjacent to an activating group) is 1. The van der Waals surface area contributed by atoms with E-state index in [-0.39, 0.29) is 5.91 Å². The number of hydrogen-bond donors (Lipinski definition) is 1. The van der Waals surface area contributed by atoms with Gasteiger partial charge in [0, 0.05) is 56.9 Å². The van der Waals surface area contributed by atoms with Gasteiger partial charge in [-0.15, -0.1) is 0 Å². The highest BCUT2D eigenvalue weighted by atomic mass is 16.2. The molecule has 3 fully saturated rings. The fourth-order valence-electron chi connectivity index (χ4n) is 5.72. The normalized spacial score (nSPS) is 20.0. The van der Waals surface area contributed by atoms with Crippen LogP contribution in [0, 0.1) is 0 Å². The topological polar surface area (TPSA) is 82.4 Å². The standard InChI is InChI=1S/C26H34N8O/c1-31(2)24(35)21-14-18-15-28-25(30-23(18)34(21)19-6-4-5-7-19)29-22-9-8-20(16-27-22)33-13-12-32(3)26(17-33)10-11-26/h8-9,14-16,19H,4-7,10-13,17H2,1-3H3,(H,27,28,29,30). The van der Waals surface area contributed by atoms with Gasteiger partial charge in [-0.25, -0.2) is 9.97 Å². The summed E-state index contributed by atoms with van der Waals surface area (Å²) in [5.74, 6) is 1.21. The molecule has 0 aromatic carbocycles. The van der Waals surface area contributed by atoms with Crippen LogP contribution in [0.25, 0.3) is 11.0 Å². The van der Waals surface area contributed by atoms with E-state index in [1.54, 1.807) is 25.2 Å². The predicted octanol–water partition coefficient (Wildman–Crippen LogP) is 3.67. The van der Waals surface area contributed by atoms with Crippen LogP contribution in [-0.4, -0.2) is 81.5 Å². The first-order valence-corrected chi connectivity index (χ1v) is 12.7. The second-order valence-corrected chi connectivity index (χ2v) is 10.6. The molecule has 2 aliphatic carbocycles. The Morgan fingerprint density at radius 2 is 1.91 bits per heavy atom. The fourth-order valence-corrected chi connectivity index (χ4v) is 5.72. The largest absolute Gasteiger partial charge is 0.367 e. The Bertz CT molecular complexity index is 1240. The Labute approximate surface area is 206 Å². The van der Waals surface area contributed by atoms with Crippen LogP contribution in [0.1, 0.15) is 55.1 Å². The zero-order valence-electron chi connectivity index (χ0n) is 20.9. The van der Waals surface area contributed by atoms with E-state index in [0.717, 1.165) is 49.2 Å². The molecule has 35 heavy (non-hydrogen) atoms. The van der Waals surface area contributed by atoms with Crippen molar-refractivity contribution in [3.63, 3.8) is 0 Å². The van der Waals surface area contributed by atoms with E-state index in [1.807, 2.05) is 18.3 Å². The third-order valence-electron chi connectivity index (χ3n) is 8.07. The van der Waals surface area contributed by atoms with Crippen LogP contribution in [0.4, 0.5) is 17.5 Å². The predicted molar refractivity (Wildman–Crippen MR) is 137 cm³/mol. The van der Waals surface area contributed by atoms with Gasteiger partial charge in [0.05, 0.1) is 11.9 Å². The van der Waals surface area contributed by atoms with E-state index in [9.17, 15) is 4.79 Å². The van der Waals surface area contributed by atoms with Crippen molar-refractivity contribution in [2.75, 3.05) is 51.0 Å². The van der Waals surface area contributed by atoms with Crippen molar-refractivity contribution in [1.29, 1.82) is 0 Å². The first-order valence-electron chi connectivity index (χ1n) is 12.7. The minimum absolute atomic E-state index is 0.00134. The molecule has 1 N–H and O–H groups in total. The molecular weight excluding hydrogens is 440 g/mol. The second kappa shape index (κ2) is 8.48. The Balaban J connectivity index is 1.25. The van der Waals surface area contributed by atoms with Crippen LogP contribution in [0.3, 0.4) is 0 Å². The van der Waals surface area contributed by atoms with Crippen molar-refractivity contribution < 1.29 is 4.79 Å². The summed E-state index contributed by atoms with van der Waals surface area (Å²) in [4.78, 5) is 33.5. The first-order chi connectivity index (χ1) is 16.9. The summed E-state index contributed by atoms with van der Waals surface area (Å²) in [6, 6.07) is 6.35. The van der Waals surface area contributed by atoms with Crippen LogP contribution >= 0.6 is 0 Å². The summed E-state index contributed by atoms with van der Waals surface area (Å²) in [6.07, 6.45) is 10.8. The molecule has 4 heterocycles. The van der Waals surface area contributed by atoms with Crippen LogP contribution < -0.4 is 10.2 Å². The van der Waals surface area contributed by atoms with Gasteiger partial charge in [0.2, 0.25) is 5.95 Å². The Hall–Kier alpha value is -3.20. The molecule has 3 aliphatic rings. The van der Waals surface area contributed by atoms with E-state index in [2.05, 4.69) is 42.8 Å². The lowest BCUT2D eigenvalue weighted by atomic mass is 10.1. The maximum absolute atomic E-state index is 12.9. The molecule has 2 saturated carbocycles. The summed E-state index contributed by atoms with van der Waals surface area (Å²) < 4.78 is 2.13. The third-order valence-corrected chi connectivity index (χ3v) is 8.07. The molecule has 3 aromatic heterocycles. The minimum atomic E-state index is -0.00134. The molecular formula is C26H34N8O. The Morgan fingerprint density at radius 3 is 2.60 bits per heavy atom. The molecule has 0 bridgehead atoms. The van der Waals surface area contributed by atoms with Crippen LogP contribution in [0.5, 0.6) is 0 Å². The van der Waals surface area contributed by atoms with E-state index in [0.29, 0.717) is 29.0 Å². The zero-order valence-corrected chi connectivity index (χ0v) is 20.9. The van der Waals surface area contributed by atoms with Gasteiger partial charge < -0.3 is 19.7 Å². The molecule has 1 aliphatic heterocycles. The number of aromatic nitrogens is 4. The summed E-state index contributed by atoms with van der Waals surface area (Å²) in [5, 5.41) is 4.16. The van der Waals surface area contributed by atoms with Crippen molar-refractivity contribution in [3.05, 3.63) is 36.3 Å². The lowest BCUT2D eigenvalue weighted by Crippen LogP contribution is -2.53. The number of hydrogen-bond acceptors (Lipinski definition) is 7. The fraction of sp³-hybridized carbons (Fsp3) is 0.538. The molecule has 0 atom stereocenters. The Morgan fingerprint density at radius 1 is 1.11 bits per heavy atom. The average molecular weight is 475 g/mol. The number of fused-ring (bicyclic) bond motifs is 1. The van der Waals surface area contributed by atoms with Crippen LogP contribution in [-0.2, 0) is 0 Å². The third kappa shape index (κ3) is 4.01. The van der Waals surface area contributed by atoms with E-state index in [4.69, 9.17) is 4.98 Å². The van der Waals surface area contributed by atoms with Gasteiger partial charge in [-0.1, -0.05) is 12.8 Å². The van der Waals surface area contributed by atoms with Crippen LogP contribution in [0.2, 0.25) is 0 Å². The Kier molecular flexibility index (Phi) is 5.40. The number of nitrogens with zero attached hydrogens (tertiary/aromatic N) is 7. The molecule has 1 saturated heterocycles. The van der Waals surface area contributed by atoms with Crippen molar-refractivity contribution in [2.24, 2.45) is 0 Å². The minimum Gasteiger partial charge on any atom is -0.367 e. The summed E-state index contributed by atoms with van der Waals surface area (Å²) in [6.45, 7) is 3.19. The highest BCUT2D eigenvalue weighted by molar-refractivity contribution is 5.97. The van der Waals surface area contributed by atoms with E-state index < -0.39 is 0 Å². The van der Waals surface area contributed by atoms with Gasteiger partial charge in [-0.3, -0.25) is 9.69 Å². The number of piperazine rings is 1. The SMILES string of the molecule is CN(C)C(=O)c1cc2cnc(Nc3ccc(N4CCN(C)C5(CC5)C4)cn3)nc2n1C1CCCC1. The number of nitrogens with one attached hydrogen (secondary N) is 1. The average Bonchev–Trinajstić information content (AvgIpc) is 3.26. The van der Waals surface area contributed by atoms with Gasteiger partial charge in [0.25, 0.3) is 5.91 Å².